The Balaban J connectivity index is 1.81. The van der Waals surface area contributed by atoms with Crippen molar-refractivity contribution >= 4 is 40.6 Å². The van der Waals surface area contributed by atoms with E-state index in [0.717, 1.165) is 50.2 Å². The van der Waals surface area contributed by atoms with Crippen molar-refractivity contribution < 1.29 is 19.1 Å². The summed E-state index contributed by atoms with van der Waals surface area (Å²) in [6, 6.07) is 9.62. The van der Waals surface area contributed by atoms with Crippen LogP contribution in [0.15, 0.2) is 35.2 Å². The molecule has 0 aliphatic carbocycles. The Bertz CT molecular complexity index is 1100. The van der Waals surface area contributed by atoms with Crippen molar-refractivity contribution in [3.05, 3.63) is 63.1 Å². The maximum absolute atomic E-state index is 12.9. The van der Waals surface area contributed by atoms with Gasteiger partial charge in [-0.3, -0.25) is 19.3 Å². The zero-order valence-electron chi connectivity index (χ0n) is 19.2. The van der Waals surface area contributed by atoms with Crippen molar-refractivity contribution in [2.75, 3.05) is 19.0 Å². The van der Waals surface area contributed by atoms with E-state index < -0.39 is 17.1 Å². The number of ether oxygens (including phenoxy) is 1. The van der Waals surface area contributed by atoms with Crippen molar-refractivity contribution in [2.24, 2.45) is 0 Å². The van der Waals surface area contributed by atoms with Crippen LogP contribution in [0.5, 0.6) is 5.75 Å². The van der Waals surface area contributed by atoms with Gasteiger partial charge in [-0.25, -0.2) is 0 Å². The van der Waals surface area contributed by atoms with E-state index in [2.05, 4.69) is 19.2 Å². The van der Waals surface area contributed by atoms with Gasteiger partial charge in [0.15, 0.2) is 0 Å². The lowest BCUT2D eigenvalue weighted by molar-refractivity contribution is -0.127. The molecule has 168 valence electrons. The number of carbonyl (C=O) groups excluding carboxylic acids is 3. The van der Waals surface area contributed by atoms with Gasteiger partial charge in [0, 0.05) is 5.69 Å². The standard InChI is InChI=1S/C25H28N2O4S/c1-14(2)19-11-18(17(5)10-20(19)31-6)12-21-24(29)27(25(30)32-21)13-22(28)26-23-15(3)8-7-9-16(23)4/h7-12,14H,13H2,1-6H3,(H,26,28). The van der Waals surface area contributed by atoms with E-state index in [9.17, 15) is 14.4 Å². The number of amides is 3. The summed E-state index contributed by atoms with van der Waals surface area (Å²) in [5, 5.41) is 2.37. The van der Waals surface area contributed by atoms with Gasteiger partial charge in [-0.2, -0.15) is 0 Å². The number of nitrogens with zero attached hydrogens (tertiary/aromatic N) is 1. The first-order chi connectivity index (χ1) is 15.1. The monoisotopic (exact) mass is 452 g/mol. The Hall–Kier alpha value is -3.06. The van der Waals surface area contributed by atoms with Gasteiger partial charge in [0.1, 0.15) is 12.3 Å². The average molecular weight is 453 g/mol. The molecule has 1 aliphatic heterocycles. The SMILES string of the molecule is COc1cc(C)c(C=C2SC(=O)N(CC(=O)Nc3c(C)cccc3C)C2=O)cc1C(C)C. The van der Waals surface area contributed by atoms with E-state index >= 15 is 0 Å². The molecule has 0 aromatic heterocycles. The van der Waals surface area contributed by atoms with Gasteiger partial charge >= 0.3 is 0 Å². The highest BCUT2D eigenvalue weighted by Gasteiger charge is 2.36. The van der Waals surface area contributed by atoms with E-state index in [1.54, 1.807) is 13.2 Å². The molecule has 3 amide bonds. The number of hydrogen-bond acceptors (Lipinski definition) is 5. The largest absolute Gasteiger partial charge is 0.496 e. The lowest BCUT2D eigenvalue weighted by Gasteiger charge is -2.15. The van der Waals surface area contributed by atoms with Crippen molar-refractivity contribution in [1.82, 2.24) is 4.90 Å². The molecule has 0 spiro atoms. The van der Waals surface area contributed by atoms with Gasteiger partial charge in [0.2, 0.25) is 5.91 Å². The van der Waals surface area contributed by atoms with Crippen molar-refractivity contribution in [2.45, 2.75) is 40.5 Å². The summed E-state index contributed by atoms with van der Waals surface area (Å²) < 4.78 is 5.48. The topological polar surface area (TPSA) is 75.7 Å². The number of carbonyl (C=O) groups is 3. The molecule has 0 atom stereocenters. The number of anilines is 1. The van der Waals surface area contributed by atoms with Gasteiger partial charge in [-0.05, 0) is 84.5 Å². The Morgan fingerprint density at radius 2 is 1.78 bits per heavy atom. The lowest BCUT2D eigenvalue weighted by Crippen LogP contribution is -2.36. The molecular weight excluding hydrogens is 424 g/mol. The highest BCUT2D eigenvalue weighted by atomic mass is 32.2. The van der Waals surface area contributed by atoms with Gasteiger partial charge in [0.25, 0.3) is 11.1 Å². The van der Waals surface area contributed by atoms with Crippen LogP contribution in [0.2, 0.25) is 0 Å². The van der Waals surface area contributed by atoms with Crippen molar-refractivity contribution in [3.63, 3.8) is 0 Å². The highest BCUT2D eigenvalue weighted by Crippen LogP contribution is 2.35. The fourth-order valence-corrected chi connectivity index (χ4v) is 4.44. The highest BCUT2D eigenvalue weighted by molar-refractivity contribution is 8.18. The number of hydrogen-bond donors (Lipinski definition) is 1. The summed E-state index contributed by atoms with van der Waals surface area (Å²) in [5.74, 6) is 0.166. The molecule has 1 saturated heterocycles. The summed E-state index contributed by atoms with van der Waals surface area (Å²) >= 11 is 0.851. The molecule has 2 aromatic carbocycles. The van der Waals surface area contributed by atoms with Crippen LogP contribution in [0.4, 0.5) is 10.5 Å². The number of aryl methyl sites for hydroxylation is 3. The fraction of sp³-hybridized carbons (Fsp3) is 0.320. The van der Waals surface area contributed by atoms with Gasteiger partial charge in [0.05, 0.1) is 12.0 Å². The van der Waals surface area contributed by atoms with E-state index in [0.29, 0.717) is 10.6 Å². The number of imide groups is 1. The Morgan fingerprint density at radius 3 is 2.38 bits per heavy atom. The first-order valence-corrected chi connectivity index (χ1v) is 11.2. The average Bonchev–Trinajstić information content (AvgIpc) is 2.99. The van der Waals surface area contributed by atoms with Crippen LogP contribution < -0.4 is 10.1 Å². The van der Waals surface area contributed by atoms with E-state index in [4.69, 9.17) is 4.74 Å². The van der Waals surface area contributed by atoms with Crippen LogP contribution in [-0.4, -0.2) is 35.6 Å². The quantitative estimate of drug-likeness (QED) is 0.593. The van der Waals surface area contributed by atoms with E-state index in [-0.39, 0.29) is 12.5 Å². The smallest absolute Gasteiger partial charge is 0.294 e. The molecule has 1 N–H and O–H groups in total. The lowest BCUT2D eigenvalue weighted by atomic mass is 9.96. The second kappa shape index (κ2) is 9.61. The third-order valence-electron chi connectivity index (χ3n) is 5.45. The molecule has 0 unspecified atom stereocenters. The van der Waals surface area contributed by atoms with Gasteiger partial charge in [-0.1, -0.05) is 32.0 Å². The van der Waals surface area contributed by atoms with Gasteiger partial charge in [-0.15, -0.1) is 0 Å². The molecule has 0 saturated carbocycles. The van der Waals surface area contributed by atoms with Crippen LogP contribution in [0.1, 0.15) is 47.6 Å². The minimum absolute atomic E-state index is 0.237. The number of thioether (sulfide) groups is 1. The third-order valence-corrected chi connectivity index (χ3v) is 6.36. The van der Waals surface area contributed by atoms with Crippen LogP contribution in [0.25, 0.3) is 6.08 Å². The second-order valence-corrected chi connectivity index (χ2v) is 9.18. The Labute approximate surface area is 193 Å². The second-order valence-electron chi connectivity index (χ2n) is 8.19. The molecule has 32 heavy (non-hydrogen) atoms. The molecular formula is C25H28N2O4S. The summed E-state index contributed by atoms with van der Waals surface area (Å²) in [4.78, 5) is 39.3. The number of rotatable bonds is 6. The molecule has 1 heterocycles. The minimum Gasteiger partial charge on any atom is -0.496 e. The summed E-state index contributed by atoms with van der Waals surface area (Å²) in [5.41, 5.74) is 5.35. The molecule has 6 nitrogen and oxygen atoms in total. The van der Waals surface area contributed by atoms with Crippen LogP contribution >= 0.6 is 11.8 Å². The predicted octanol–water partition coefficient (Wildman–Crippen LogP) is 5.42. The summed E-state index contributed by atoms with van der Waals surface area (Å²) in [6.07, 6.45) is 1.72. The van der Waals surface area contributed by atoms with Crippen molar-refractivity contribution in [1.29, 1.82) is 0 Å². The number of methoxy groups -OCH3 is 1. The third kappa shape index (κ3) is 4.88. The number of nitrogens with one attached hydrogen (secondary N) is 1. The Morgan fingerprint density at radius 1 is 1.12 bits per heavy atom. The maximum Gasteiger partial charge on any atom is 0.294 e. The molecule has 7 heteroatoms. The van der Waals surface area contributed by atoms with E-state index in [1.807, 2.05) is 51.1 Å². The normalized spacial score (nSPS) is 15.1. The minimum atomic E-state index is -0.460. The molecule has 0 radical (unpaired) electrons. The van der Waals surface area contributed by atoms with Crippen LogP contribution in [0.3, 0.4) is 0 Å². The molecule has 1 aliphatic rings. The number of para-hydroxylation sites is 1. The fourth-order valence-electron chi connectivity index (χ4n) is 3.61. The summed E-state index contributed by atoms with van der Waals surface area (Å²) in [6.45, 7) is 9.54. The molecule has 3 rings (SSSR count). The van der Waals surface area contributed by atoms with E-state index in [1.165, 1.54) is 0 Å². The van der Waals surface area contributed by atoms with Crippen LogP contribution in [0, 0.1) is 20.8 Å². The molecule has 0 bridgehead atoms. The first-order valence-electron chi connectivity index (χ1n) is 10.4. The van der Waals surface area contributed by atoms with Crippen LogP contribution in [-0.2, 0) is 9.59 Å². The predicted molar refractivity (Wildman–Crippen MR) is 129 cm³/mol. The van der Waals surface area contributed by atoms with Crippen molar-refractivity contribution in [3.8, 4) is 5.75 Å². The van der Waals surface area contributed by atoms with Gasteiger partial charge < -0.3 is 10.1 Å². The molecule has 1 fully saturated rings. The molecule has 2 aromatic rings. The zero-order valence-corrected chi connectivity index (χ0v) is 20.1. The number of benzene rings is 2. The summed E-state index contributed by atoms with van der Waals surface area (Å²) in [7, 11) is 1.63. The first kappa shape index (κ1) is 23.6. The zero-order chi connectivity index (χ0) is 23.6. The maximum atomic E-state index is 12.9. The Kier molecular flexibility index (Phi) is 7.09.